The van der Waals surface area contributed by atoms with Crippen LogP contribution in [0.1, 0.15) is 12.8 Å². The minimum Gasteiger partial charge on any atom is -0.390 e. The Morgan fingerprint density at radius 1 is 0.875 bits per heavy atom. The van der Waals surface area contributed by atoms with Gasteiger partial charge < -0.3 is 14.6 Å². The largest absolute Gasteiger partial charge is 0.390 e. The second kappa shape index (κ2) is 6.79. The van der Waals surface area contributed by atoms with Crippen molar-refractivity contribution in [3.63, 3.8) is 0 Å². The van der Waals surface area contributed by atoms with Crippen LogP contribution in [0.25, 0.3) is 21.8 Å². The van der Waals surface area contributed by atoms with Crippen molar-refractivity contribution < 1.29 is 5.11 Å². The molecule has 2 aromatic carbocycles. The number of hydrogen-bond donors (Lipinski definition) is 1. The standard InChI is InChI=1S/C19H20Br2N2O/c20-13-3-5-18-16(9-13)17-10-14(21)4-6-19(17)23(18)12-15(24)11-22-7-1-2-8-22/h3-6,9-10,15,24H,1-2,7-8,11-12H2/t15-/m1/s1. The summed E-state index contributed by atoms with van der Waals surface area (Å²) in [6.45, 7) is 3.61. The third kappa shape index (κ3) is 3.15. The van der Waals surface area contributed by atoms with Crippen LogP contribution >= 0.6 is 31.9 Å². The van der Waals surface area contributed by atoms with E-state index in [1.165, 1.54) is 34.6 Å². The Balaban J connectivity index is 1.75. The van der Waals surface area contributed by atoms with Gasteiger partial charge in [0.05, 0.1) is 12.6 Å². The summed E-state index contributed by atoms with van der Waals surface area (Å²) in [5, 5.41) is 13.1. The predicted molar refractivity (Wildman–Crippen MR) is 107 cm³/mol. The molecule has 0 bridgehead atoms. The molecule has 0 unspecified atom stereocenters. The highest BCUT2D eigenvalue weighted by Gasteiger charge is 2.18. The first-order valence-electron chi connectivity index (χ1n) is 8.39. The van der Waals surface area contributed by atoms with Crippen LogP contribution in [0.2, 0.25) is 0 Å². The van der Waals surface area contributed by atoms with Gasteiger partial charge in [0.1, 0.15) is 0 Å². The van der Waals surface area contributed by atoms with Gasteiger partial charge in [0, 0.05) is 37.3 Å². The van der Waals surface area contributed by atoms with E-state index in [0.717, 1.165) is 28.6 Å². The van der Waals surface area contributed by atoms with Crippen LogP contribution in [0, 0.1) is 0 Å². The lowest BCUT2D eigenvalue weighted by Gasteiger charge is -2.20. The Kier molecular flexibility index (Phi) is 4.69. The molecule has 24 heavy (non-hydrogen) atoms. The first-order valence-corrected chi connectivity index (χ1v) is 9.98. The SMILES string of the molecule is O[C@H](CN1CCCC1)Cn1c2ccc(Br)cc2c2cc(Br)ccc21. The van der Waals surface area contributed by atoms with E-state index in [2.05, 4.69) is 77.7 Å². The summed E-state index contributed by atoms with van der Waals surface area (Å²) >= 11 is 7.16. The van der Waals surface area contributed by atoms with E-state index in [4.69, 9.17) is 0 Å². The quantitative estimate of drug-likeness (QED) is 0.618. The van der Waals surface area contributed by atoms with Gasteiger partial charge in [-0.1, -0.05) is 31.9 Å². The molecular formula is C19H20Br2N2O. The summed E-state index contributed by atoms with van der Waals surface area (Å²) in [4.78, 5) is 2.37. The number of likely N-dealkylation sites (tertiary alicyclic amines) is 1. The van der Waals surface area contributed by atoms with Crippen molar-refractivity contribution in [3.05, 3.63) is 45.3 Å². The monoisotopic (exact) mass is 450 g/mol. The number of halogens is 2. The molecule has 0 aliphatic carbocycles. The number of β-amino-alcohol motifs (C(OH)–C–C–N with tert-alkyl or cyclic N) is 1. The maximum absolute atomic E-state index is 10.6. The maximum Gasteiger partial charge on any atom is 0.0845 e. The molecule has 3 aromatic rings. The molecule has 4 rings (SSSR count). The molecular weight excluding hydrogens is 432 g/mol. The minimum atomic E-state index is -0.353. The molecule has 0 radical (unpaired) electrons. The number of rotatable bonds is 4. The molecule has 1 aliphatic heterocycles. The van der Waals surface area contributed by atoms with E-state index in [1.54, 1.807) is 0 Å². The van der Waals surface area contributed by atoms with Crippen LogP contribution in [0.15, 0.2) is 45.3 Å². The van der Waals surface area contributed by atoms with Gasteiger partial charge in [-0.15, -0.1) is 0 Å². The summed E-state index contributed by atoms with van der Waals surface area (Å²) < 4.78 is 4.41. The number of nitrogens with zero attached hydrogens (tertiary/aromatic N) is 2. The van der Waals surface area contributed by atoms with Gasteiger partial charge in [-0.05, 0) is 62.3 Å². The molecule has 5 heteroatoms. The van der Waals surface area contributed by atoms with Crippen molar-refractivity contribution in [1.82, 2.24) is 9.47 Å². The van der Waals surface area contributed by atoms with Crippen LogP contribution in [0.4, 0.5) is 0 Å². The van der Waals surface area contributed by atoms with Gasteiger partial charge in [-0.3, -0.25) is 0 Å². The topological polar surface area (TPSA) is 28.4 Å². The molecule has 1 fully saturated rings. The third-order valence-electron chi connectivity index (χ3n) is 4.85. The van der Waals surface area contributed by atoms with E-state index in [1.807, 2.05) is 0 Å². The summed E-state index contributed by atoms with van der Waals surface area (Å²) in [5.74, 6) is 0. The Hall–Kier alpha value is -0.880. The van der Waals surface area contributed by atoms with Crippen LogP contribution < -0.4 is 0 Å². The zero-order valence-corrected chi connectivity index (χ0v) is 16.6. The van der Waals surface area contributed by atoms with Gasteiger partial charge in [-0.25, -0.2) is 0 Å². The Morgan fingerprint density at radius 2 is 1.42 bits per heavy atom. The summed E-state index contributed by atoms with van der Waals surface area (Å²) in [5.41, 5.74) is 2.35. The van der Waals surface area contributed by atoms with Crippen LogP contribution in [0.5, 0.6) is 0 Å². The normalized spacial score (nSPS) is 17.1. The van der Waals surface area contributed by atoms with Crippen LogP contribution in [-0.2, 0) is 6.54 Å². The zero-order chi connectivity index (χ0) is 16.7. The fourth-order valence-electron chi connectivity index (χ4n) is 3.78. The van der Waals surface area contributed by atoms with E-state index in [9.17, 15) is 5.11 Å². The predicted octanol–water partition coefficient (Wildman–Crippen LogP) is 4.78. The smallest absolute Gasteiger partial charge is 0.0845 e. The van der Waals surface area contributed by atoms with Crippen LogP contribution in [0.3, 0.4) is 0 Å². The number of benzene rings is 2. The van der Waals surface area contributed by atoms with Crippen molar-refractivity contribution in [2.75, 3.05) is 19.6 Å². The Labute approximate surface area is 158 Å². The molecule has 1 aliphatic rings. The number of aliphatic hydroxyl groups is 1. The van der Waals surface area contributed by atoms with E-state index in [-0.39, 0.29) is 6.10 Å². The van der Waals surface area contributed by atoms with Gasteiger partial charge in [-0.2, -0.15) is 0 Å². The zero-order valence-electron chi connectivity index (χ0n) is 13.4. The van der Waals surface area contributed by atoms with E-state index in [0.29, 0.717) is 6.54 Å². The lowest BCUT2D eigenvalue weighted by Crippen LogP contribution is -2.32. The molecule has 1 saturated heterocycles. The molecule has 2 heterocycles. The van der Waals surface area contributed by atoms with Crippen molar-refractivity contribution in [2.45, 2.75) is 25.5 Å². The average molecular weight is 452 g/mol. The highest BCUT2D eigenvalue weighted by atomic mass is 79.9. The number of fused-ring (bicyclic) bond motifs is 3. The van der Waals surface area contributed by atoms with Crippen molar-refractivity contribution in [2.24, 2.45) is 0 Å². The number of aliphatic hydroxyl groups excluding tert-OH is 1. The van der Waals surface area contributed by atoms with Crippen LogP contribution in [-0.4, -0.2) is 40.3 Å². The van der Waals surface area contributed by atoms with Crippen molar-refractivity contribution in [1.29, 1.82) is 0 Å². The van der Waals surface area contributed by atoms with Gasteiger partial charge in [0.15, 0.2) is 0 Å². The first kappa shape index (κ1) is 16.6. The second-order valence-corrected chi connectivity index (χ2v) is 8.43. The number of aromatic nitrogens is 1. The lowest BCUT2D eigenvalue weighted by molar-refractivity contribution is 0.111. The van der Waals surface area contributed by atoms with Crippen molar-refractivity contribution in [3.8, 4) is 0 Å². The van der Waals surface area contributed by atoms with Gasteiger partial charge in [0.2, 0.25) is 0 Å². The van der Waals surface area contributed by atoms with Gasteiger partial charge in [0.25, 0.3) is 0 Å². The highest BCUT2D eigenvalue weighted by Crippen LogP contribution is 2.33. The summed E-state index contributed by atoms with van der Waals surface area (Å²) in [6, 6.07) is 12.7. The maximum atomic E-state index is 10.6. The first-order chi connectivity index (χ1) is 11.6. The minimum absolute atomic E-state index is 0.353. The molecule has 1 N–H and O–H groups in total. The molecule has 1 atom stereocenters. The molecule has 1 aromatic heterocycles. The van der Waals surface area contributed by atoms with E-state index >= 15 is 0 Å². The fourth-order valence-corrected chi connectivity index (χ4v) is 4.50. The lowest BCUT2D eigenvalue weighted by atomic mass is 10.2. The van der Waals surface area contributed by atoms with E-state index < -0.39 is 0 Å². The highest BCUT2D eigenvalue weighted by molar-refractivity contribution is 9.10. The molecule has 3 nitrogen and oxygen atoms in total. The molecule has 0 saturated carbocycles. The third-order valence-corrected chi connectivity index (χ3v) is 5.84. The molecule has 0 amide bonds. The Morgan fingerprint density at radius 3 is 1.96 bits per heavy atom. The average Bonchev–Trinajstić information content (AvgIpc) is 3.15. The fraction of sp³-hybridized carbons (Fsp3) is 0.368. The molecule has 0 spiro atoms. The number of hydrogen-bond acceptors (Lipinski definition) is 2. The second-order valence-electron chi connectivity index (χ2n) is 6.60. The van der Waals surface area contributed by atoms with Gasteiger partial charge >= 0.3 is 0 Å². The molecule has 126 valence electrons. The van der Waals surface area contributed by atoms with Crippen molar-refractivity contribution >= 4 is 53.7 Å². The summed E-state index contributed by atoms with van der Waals surface area (Å²) in [7, 11) is 0. The summed E-state index contributed by atoms with van der Waals surface area (Å²) in [6.07, 6.45) is 2.16. The Bertz CT molecular complexity index is 825.